The fourth-order valence-corrected chi connectivity index (χ4v) is 2.60. The van der Waals surface area contributed by atoms with Gasteiger partial charge in [0, 0.05) is 0 Å². The first-order valence-electron chi connectivity index (χ1n) is 7.58. The second kappa shape index (κ2) is 6.81. The van der Waals surface area contributed by atoms with Crippen LogP contribution in [0.2, 0.25) is 0 Å². The molecule has 1 aromatic heterocycles. The molecule has 0 fully saturated rings. The first-order valence-corrected chi connectivity index (χ1v) is 7.58. The van der Waals surface area contributed by atoms with Crippen LogP contribution in [0.1, 0.15) is 31.4 Å². The Morgan fingerprint density at radius 2 is 2.04 bits per heavy atom. The number of anilines is 1. The molecular weight excluding hydrogens is 296 g/mol. The third kappa shape index (κ3) is 3.88. The van der Waals surface area contributed by atoms with Crippen LogP contribution in [0, 0.1) is 19.8 Å². The number of aromatic nitrogens is 1. The standard InChI is InChI=1S/C17H22N2O4/c1-9(2)6-12(16(21)22-5)18-17-19-15(20)14-11(4)7-10(3)8-13(14)23-17/h7-9,12H,6H2,1-5H3,(H,18,19,20)/t12-/m0/s1. The van der Waals surface area contributed by atoms with Crippen molar-refractivity contribution in [1.82, 2.24) is 4.98 Å². The highest BCUT2D eigenvalue weighted by molar-refractivity contribution is 5.81. The zero-order valence-electron chi connectivity index (χ0n) is 14.1. The molecule has 0 radical (unpaired) electrons. The van der Waals surface area contributed by atoms with Crippen LogP contribution in [0.4, 0.5) is 6.01 Å². The van der Waals surface area contributed by atoms with Crippen molar-refractivity contribution in [3.63, 3.8) is 0 Å². The SMILES string of the molecule is COC(=O)[C@H](CC(C)C)Nc1nc(=O)c2c(C)cc(C)cc2o1. The minimum absolute atomic E-state index is 0.0311. The molecule has 0 saturated heterocycles. The van der Waals surface area contributed by atoms with Gasteiger partial charge in [-0.1, -0.05) is 19.9 Å². The van der Waals surface area contributed by atoms with Gasteiger partial charge >= 0.3 is 5.97 Å². The molecule has 0 bridgehead atoms. The maximum absolute atomic E-state index is 12.2. The predicted molar refractivity (Wildman–Crippen MR) is 88.6 cm³/mol. The van der Waals surface area contributed by atoms with E-state index in [0.717, 1.165) is 11.1 Å². The maximum atomic E-state index is 12.2. The van der Waals surface area contributed by atoms with Crippen LogP contribution < -0.4 is 10.9 Å². The third-order valence-electron chi connectivity index (χ3n) is 3.56. The lowest BCUT2D eigenvalue weighted by atomic mass is 10.0. The molecule has 6 nitrogen and oxygen atoms in total. The Bertz CT molecular complexity index is 780. The van der Waals surface area contributed by atoms with Crippen LogP contribution in [-0.2, 0) is 9.53 Å². The summed E-state index contributed by atoms with van der Waals surface area (Å²) in [7, 11) is 1.33. The molecule has 1 heterocycles. The number of rotatable bonds is 5. The van der Waals surface area contributed by atoms with Gasteiger partial charge in [0.25, 0.3) is 11.6 Å². The predicted octanol–water partition coefficient (Wildman–Crippen LogP) is 2.80. The second-order valence-corrected chi connectivity index (χ2v) is 6.13. The number of hydrogen-bond acceptors (Lipinski definition) is 6. The Kier molecular flexibility index (Phi) is 5.03. The Morgan fingerprint density at radius 3 is 2.65 bits per heavy atom. The summed E-state index contributed by atoms with van der Waals surface area (Å²) in [6, 6.07) is 3.11. The van der Waals surface area contributed by atoms with E-state index in [1.54, 1.807) is 6.07 Å². The second-order valence-electron chi connectivity index (χ2n) is 6.13. The van der Waals surface area contributed by atoms with Gasteiger partial charge in [-0.05, 0) is 43.4 Å². The molecule has 1 aromatic carbocycles. The van der Waals surface area contributed by atoms with E-state index in [0.29, 0.717) is 17.4 Å². The molecule has 0 aliphatic heterocycles. The number of esters is 1. The van der Waals surface area contributed by atoms with Gasteiger partial charge in [0.1, 0.15) is 11.6 Å². The van der Waals surface area contributed by atoms with Crippen molar-refractivity contribution < 1.29 is 13.9 Å². The number of fused-ring (bicyclic) bond motifs is 1. The molecule has 23 heavy (non-hydrogen) atoms. The summed E-state index contributed by atoms with van der Waals surface area (Å²) >= 11 is 0. The number of methoxy groups -OCH3 is 1. The maximum Gasteiger partial charge on any atom is 0.328 e. The van der Waals surface area contributed by atoms with E-state index < -0.39 is 12.0 Å². The van der Waals surface area contributed by atoms with Gasteiger partial charge in [0.2, 0.25) is 0 Å². The third-order valence-corrected chi connectivity index (χ3v) is 3.56. The quantitative estimate of drug-likeness (QED) is 0.854. The van der Waals surface area contributed by atoms with Gasteiger partial charge in [0.15, 0.2) is 0 Å². The number of benzene rings is 1. The smallest absolute Gasteiger partial charge is 0.328 e. The molecule has 2 aromatic rings. The number of nitrogens with one attached hydrogen (secondary N) is 1. The minimum Gasteiger partial charge on any atom is -0.467 e. The monoisotopic (exact) mass is 318 g/mol. The molecule has 0 aliphatic rings. The van der Waals surface area contributed by atoms with Crippen molar-refractivity contribution >= 4 is 23.0 Å². The Labute approximate surface area is 134 Å². The van der Waals surface area contributed by atoms with Crippen LogP contribution in [0.15, 0.2) is 21.3 Å². The summed E-state index contributed by atoms with van der Waals surface area (Å²) in [6.45, 7) is 7.76. The minimum atomic E-state index is -0.612. The summed E-state index contributed by atoms with van der Waals surface area (Å²) in [5, 5.41) is 3.34. The van der Waals surface area contributed by atoms with Crippen molar-refractivity contribution in [2.75, 3.05) is 12.4 Å². The summed E-state index contributed by atoms with van der Waals surface area (Å²) < 4.78 is 10.5. The molecule has 1 N–H and O–H groups in total. The van der Waals surface area contributed by atoms with E-state index in [-0.39, 0.29) is 17.5 Å². The summed E-state index contributed by atoms with van der Waals surface area (Å²) in [4.78, 5) is 28.0. The molecule has 0 spiro atoms. The molecule has 0 amide bonds. The van der Waals surface area contributed by atoms with E-state index in [4.69, 9.17) is 9.15 Å². The van der Waals surface area contributed by atoms with Gasteiger partial charge in [-0.15, -0.1) is 0 Å². The Hall–Kier alpha value is -2.37. The zero-order chi connectivity index (χ0) is 17.1. The number of carbonyl (C=O) groups excluding carboxylic acids is 1. The Balaban J connectivity index is 2.43. The number of nitrogens with zero attached hydrogens (tertiary/aromatic N) is 1. The van der Waals surface area contributed by atoms with Crippen molar-refractivity contribution in [3.05, 3.63) is 33.6 Å². The van der Waals surface area contributed by atoms with E-state index in [2.05, 4.69) is 10.3 Å². The van der Waals surface area contributed by atoms with Crippen molar-refractivity contribution in [3.8, 4) is 0 Å². The zero-order valence-corrected chi connectivity index (χ0v) is 14.1. The van der Waals surface area contributed by atoms with Crippen LogP contribution in [-0.4, -0.2) is 24.1 Å². The highest BCUT2D eigenvalue weighted by atomic mass is 16.5. The van der Waals surface area contributed by atoms with Crippen LogP contribution in [0.25, 0.3) is 11.0 Å². The Morgan fingerprint density at radius 1 is 1.35 bits per heavy atom. The molecule has 0 aliphatic carbocycles. The van der Waals surface area contributed by atoms with E-state index >= 15 is 0 Å². The van der Waals surface area contributed by atoms with Gasteiger partial charge in [-0.25, -0.2) is 4.79 Å². The van der Waals surface area contributed by atoms with Crippen LogP contribution >= 0.6 is 0 Å². The fraction of sp³-hybridized carbons (Fsp3) is 0.471. The number of ether oxygens (including phenoxy) is 1. The molecule has 6 heteroatoms. The van der Waals surface area contributed by atoms with Crippen molar-refractivity contribution in [2.24, 2.45) is 5.92 Å². The summed E-state index contributed by atoms with van der Waals surface area (Å²) in [6.07, 6.45) is 0.545. The highest BCUT2D eigenvalue weighted by Crippen LogP contribution is 2.20. The number of aryl methyl sites for hydroxylation is 2. The largest absolute Gasteiger partial charge is 0.467 e. The average molecular weight is 318 g/mol. The number of carbonyl (C=O) groups is 1. The molecule has 2 rings (SSSR count). The lowest BCUT2D eigenvalue weighted by molar-refractivity contribution is -0.141. The van der Waals surface area contributed by atoms with Crippen LogP contribution in [0.5, 0.6) is 0 Å². The highest BCUT2D eigenvalue weighted by Gasteiger charge is 2.22. The lowest BCUT2D eigenvalue weighted by Crippen LogP contribution is -2.33. The molecule has 124 valence electrons. The first-order chi connectivity index (χ1) is 10.8. The van der Waals surface area contributed by atoms with E-state index in [1.165, 1.54) is 7.11 Å². The van der Waals surface area contributed by atoms with Gasteiger partial charge in [-0.2, -0.15) is 4.98 Å². The lowest BCUT2D eigenvalue weighted by Gasteiger charge is -2.18. The van der Waals surface area contributed by atoms with Crippen molar-refractivity contribution in [1.29, 1.82) is 0 Å². The molecular formula is C17H22N2O4. The van der Waals surface area contributed by atoms with Crippen molar-refractivity contribution in [2.45, 2.75) is 40.2 Å². The average Bonchev–Trinajstić information content (AvgIpc) is 2.43. The summed E-state index contributed by atoms with van der Waals surface area (Å²) in [5.41, 5.74) is 1.89. The summed E-state index contributed by atoms with van der Waals surface area (Å²) in [5.74, 6) is -0.146. The number of hydrogen-bond donors (Lipinski definition) is 1. The molecule has 0 saturated carbocycles. The van der Waals surface area contributed by atoms with E-state index in [1.807, 2.05) is 33.8 Å². The fourth-order valence-electron chi connectivity index (χ4n) is 2.60. The van der Waals surface area contributed by atoms with Gasteiger partial charge in [0.05, 0.1) is 12.5 Å². The topological polar surface area (TPSA) is 81.4 Å². The van der Waals surface area contributed by atoms with E-state index in [9.17, 15) is 9.59 Å². The van der Waals surface area contributed by atoms with Gasteiger partial charge < -0.3 is 14.5 Å². The molecule has 0 unspecified atom stereocenters. The normalized spacial score (nSPS) is 12.4. The van der Waals surface area contributed by atoms with Gasteiger partial charge in [-0.3, -0.25) is 4.79 Å². The van der Waals surface area contributed by atoms with Crippen LogP contribution in [0.3, 0.4) is 0 Å². The first kappa shape index (κ1) is 17.0. The molecule has 1 atom stereocenters.